The molecule has 0 spiro atoms. The van der Waals surface area contributed by atoms with E-state index in [1.807, 2.05) is 18.2 Å². The van der Waals surface area contributed by atoms with Gasteiger partial charge < -0.3 is 15.6 Å². The van der Waals surface area contributed by atoms with Gasteiger partial charge in [0.15, 0.2) is 5.11 Å². The monoisotopic (exact) mass is 238 g/mol. The molecule has 0 unspecified atom stereocenters. The Kier molecular flexibility index (Phi) is 5.60. The minimum absolute atomic E-state index is 0.488. The van der Waals surface area contributed by atoms with Crippen LogP contribution in [0, 0.1) is 0 Å². The fraction of sp³-hybridized carbons (Fsp3) is 0.364. The van der Waals surface area contributed by atoms with E-state index in [1.54, 1.807) is 0 Å². The molecule has 1 aromatic rings. The molecular formula is C11H18N4S. The topological polar surface area (TPSA) is 53.3 Å². The van der Waals surface area contributed by atoms with E-state index in [4.69, 9.17) is 18.1 Å². The second-order valence-electron chi connectivity index (χ2n) is 3.51. The Hall–Kier alpha value is -1.33. The van der Waals surface area contributed by atoms with Crippen molar-refractivity contribution in [2.24, 2.45) is 5.84 Å². The summed E-state index contributed by atoms with van der Waals surface area (Å²) in [5.41, 5.74) is 3.62. The van der Waals surface area contributed by atoms with E-state index in [-0.39, 0.29) is 0 Å². The number of nitrogens with two attached hydrogens (primary N) is 1. The zero-order valence-corrected chi connectivity index (χ0v) is 10.3. The van der Waals surface area contributed by atoms with Crippen LogP contribution in [-0.4, -0.2) is 25.2 Å². The summed E-state index contributed by atoms with van der Waals surface area (Å²) in [7, 11) is 2.08. The van der Waals surface area contributed by atoms with Crippen molar-refractivity contribution in [3.8, 4) is 0 Å². The van der Waals surface area contributed by atoms with E-state index in [2.05, 4.69) is 34.8 Å². The molecule has 16 heavy (non-hydrogen) atoms. The summed E-state index contributed by atoms with van der Waals surface area (Å²) in [6.45, 7) is 1.80. The van der Waals surface area contributed by atoms with Crippen LogP contribution in [0.2, 0.25) is 0 Å². The van der Waals surface area contributed by atoms with Crippen molar-refractivity contribution < 1.29 is 0 Å². The Morgan fingerprint density at radius 1 is 1.38 bits per heavy atom. The van der Waals surface area contributed by atoms with Crippen LogP contribution in [-0.2, 0) is 0 Å². The first-order valence-corrected chi connectivity index (χ1v) is 5.65. The summed E-state index contributed by atoms with van der Waals surface area (Å²) in [5, 5.41) is 3.50. The van der Waals surface area contributed by atoms with E-state index >= 15 is 0 Å². The molecule has 0 aliphatic rings. The number of thiocarbonyl (C=S) groups is 1. The minimum atomic E-state index is 0.488. The molecule has 0 aliphatic carbocycles. The molecule has 1 aromatic carbocycles. The lowest BCUT2D eigenvalue weighted by Crippen LogP contribution is -2.40. The number of anilines is 1. The predicted octanol–water partition coefficient (Wildman–Crippen LogP) is 0.851. The molecule has 4 N–H and O–H groups in total. The highest BCUT2D eigenvalue weighted by molar-refractivity contribution is 7.80. The van der Waals surface area contributed by atoms with Gasteiger partial charge in [0.05, 0.1) is 0 Å². The zero-order chi connectivity index (χ0) is 11.8. The van der Waals surface area contributed by atoms with Crippen LogP contribution in [0.1, 0.15) is 6.42 Å². The first-order chi connectivity index (χ1) is 7.74. The van der Waals surface area contributed by atoms with Gasteiger partial charge in [0.25, 0.3) is 0 Å². The molecule has 0 saturated heterocycles. The van der Waals surface area contributed by atoms with Crippen LogP contribution in [0.3, 0.4) is 0 Å². The Labute approximate surface area is 102 Å². The Bertz CT molecular complexity index is 315. The highest BCUT2D eigenvalue weighted by Gasteiger charge is 1.99. The van der Waals surface area contributed by atoms with Crippen LogP contribution in [0.25, 0.3) is 0 Å². The second kappa shape index (κ2) is 7.03. The summed E-state index contributed by atoms with van der Waals surface area (Å²) in [5.74, 6) is 5.14. The lowest BCUT2D eigenvalue weighted by Gasteiger charge is -2.19. The molecule has 0 saturated carbocycles. The van der Waals surface area contributed by atoms with Gasteiger partial charge in [0, 0.05) is 25.8 Å². The van der Waals surface area contributed by atoms with E-state index in [9.17, 15) is 0 Å². The number of benzene rings is 1. The molecule has 5 heteroatoms. The van der Waals surface area contributed by atoms with E-state index in [0.717, 1.165) is 19.5 Å². The largest absolute Gasteiger partial charge is 0.375 e. The molecule has 0 aliphatic heterocycles. The van der Waals surface area contributed by atoms with E-state index in [1.165, 1.54) is 5.69 Å². The van der Waals surface area contributed by atoms with Crippen LogP contribution in [0.5, 0.6) is 0 Å². The van der Waals surface area contributed by atoms with Crippen molar-refractivity contribution in [2.45, 2.75) is 6.42 Å². The Morgan fingerprint density at radius 2 is 2.06 bits per heavy atom. The zero-order valence-electron chi connectivity index (χ0n) is 9.44. The first-order valence-electron chi connectivity index (χ1n) is 5.24. The summed E-state index contributed by atoms with van der Waals surface area (Å²) in [6.07, 6.45) is 1.01. The third-order valence-corrected chi connectivity index (χ3v) is 2.55. The van der Waals surface area contributed by atoms with Crippen LogP contribution in [0.4, 0.5) is 5.69 Å². The summed E-state index contributed by atoms with van der Waals surface area (Å²) >= 11 is 4.87. The Morgan fingerprint density at radius 3 is 2.69 bits per heavy atom. The van der Waals surface area contributed by atoms with Crippen LogP contribution < -0.4 is 21.5 Å². The quantitative estimate of drug-likeness (QED) is 0.307. The standard InChI is InChI=1S/C11H18N4S/c1-15(10-6-3-2-4-7-10)9-5-8-13-11(16)14-12/h2-4,6-7H,5,8-9,12H2,1H3,(H2,13,14,16). The average Bonchev–Trinajstić information content (AvgIpc) is 2.35. The minimum Gasteiger partial charge on any atom is -0.375 e. The number of nitrogens with zero attached hydrogens (tertiary/aromatic N) is 1. The predicted molar refractivity (Wildman–Crippen MR) is 72.3 cm³/mol. The van der Waals surface area contributed by atoms with Crippen molar-refractivity contribution in [3.05, 3.63) is 30.3 Å². The lowest BCUT2D eigenvalue weighted by molar-refractivity contribution is 0.743. The van der Waals surface area contributed by atoms with Crippen molar-refractivity contribution in [3.63, 3.8) is 0 Å². The summed E-state index contributed by atoms with van der Waals surface area (Å²) < 4.78 is 0. The SMILES string of the molecule is CN(CCCNC(=S)NN)c1ccccc1. The number of hydrogen-bond acceptors (Lipinski definition) is 3. The third-order valence-electron chi connectivity index (χ3n) is 2.28. The molecule has 0 fully saturated rings. The van der Waals surface area contributed by atoms with Gasteiger partial charge in [-0.1, -0.05) is 18.2 Å². The van der Waals surface area contributed by atoms with Gasteiger partial charge in [0.2, 0.25) is 0 Å². The molecule has 0 amide bonds. The normalized spacial score (nSPS) is 9.62. The van der Waals surface area contributed by atoms with Gasteiger partial charge in [-0.25, -0.2) is 5.84 Å². The maximum Gasteiger partial charge on any atom is 0.180 e. The first kappa shape index (κ1) is 12.7. The van der Waals surface area contributed by atoms with Gasteiger partial charge >= 0.3 is 0 Å². The Balaban J connectivity index is 2.21. The highest BCUT2D eigenvalue weighted by atomic mass is 32.1. The molecule has 1 rings (SSSR count). The molecule has 4 nitrogen and oxygen atoms in total. The number of hydrogen-bond donors (Lipinski definition) is 3. The second-order valence-corrected chi connectivity index (χ2v) is 3.92. The lowest BCUT2D eigenvalue weighted by atomic mass is 10.3. The van der Waals surface area contributed by atoms with Crippen molar-refractivity contribution in [2.75, 3.05) is 25.0 Å². The van der Waals surface area contributed by atoms with Gasteiger partial charge in [-0.2, -0.15) is 0 Å². The molecule has 0 aromatic heterocycles. The fourth-order valence-electron chi connectivity index (χ4n) is 1.38. The van der Waals surface area contributed by atoms with Gasteiger partial charge in [0.1, 0.15) is 0 Å². The number of nitrogens with one attached hydrogen (secondary N) is 2. The molecule has 0 bridgehead atoms. The summed E-state index contributed by atoms with van der Waals surface area (Å²) in [6, 6.07) is 10.3. The van der Waals surface area contributed by atoms with Gasteiger partial charge in [-0.3, -0.25) is 0 Å². The average molecular weight is 238 g/mol. The molecule has 88 valence electrons. The maximum absolute atomic E-state index is 5.14. The van der Waals surface area contributed by atoms with E-state index < -0.39 is 0 Å². The van der Waals surface area contributed by atoms with Crippen LogP contribution in [0.15, 0.2) is 30.3 Å². The molecule has 0 radical (unpaired) electrons. The number of rotatable bonds is 5. The molecule has 0 heterocycles. The molecular weight excluding hydrogens is 220 g/mol. The smallest absolute Gasteiger partial charge is 0.180 e. The number of para-hydroxylation sites is 1. The number of hydrazine groups is 1. The maximum atomic E-state index is 5.14. The third kappa shape index (κ3) is 4.46. The van der Waals surface area contributed by atoms with E-state index in [0.29, 0.717) is 5.11 Å². The van der Waals surface area contributed by atoms with Gasteiger partial charge in [-0.15, -0.1) is 0 Å². The molecule has 0 atom stereocenters. The summed E-state index contributed by atoms with van der Waals surface area (Å²) in [4.78, 5) is 2.21. The highest BCUT2D eigenvalue weighted by Crippen LogP contribution is 2.10. The fourth-order valence-corrected chi connectivity index (χ4v) is 1.48. The van der Waals surface area contributed by atoms with Crippen molar-refractivity contribution in [1.82, 2.24) is 10.7 Å². The van der Waals surface area contributed by atoms with Crippen molar-refractivity contribution in [1.29, 1.82) is 0 Å². The van der Waals surface area contributed by atoms with Gasteiger partial charge in [-0.05, 0) is 30.8 Å². The van der Waals surface area contributed by atoms with Crippen LogP contribution >= 0.6 is 12.2 Å². The van der Waals surface area contributed by atoms with Crippen molar-refractivity contribution >= 4 is 23.0 Å².